The van der Waals surface area contributed by atoms with E-state index in [4.69, 9.17) is 0 Å². The van der Waals surface area contributed by atoms with Crippen LogP contribution in [0.5, 0.6) is 0 Å². The van der Waals surface area contributed by atoms with Crippen molar-refractivity contribution in [2.24, 2.45) is 11.8 Å². The minimum atomic E-state index is -0.885. The second-order valence-electron chi connectivity index (χ2n) is 8.20. The zero-order chi connectivity index (χ0) is 20.6. The molecule has 2 N–H and O–H groups in total. The molecule has 1 aromatic carbocycles. The van der Waals surface area contributed by atoms with Crippen LogP contribution in [0.4, 0.5) is 0 Å². The molecular formula is C22H33BrO4. The van der Waals surface area contributed by atoms with Crippen molar-refractivity contribution >= 4 is 27.9 Å². The zero-order valence-electron chi connectivity index (χ0n) is 16.9. The molecule has 2 atom stereocenters. The van der Waals surface area contributed by atoms with Gasteiger partial charge in [0, 0.05) is 4.47 Å². The molecule has 5 heteroatoms. The predicted octanol–water partition coefficient (Wildman–Crippen LogP) is 6.44. The van der Waals surface area contributed by atoms with Crippen molar-refractivity contribution in [3.8, 4) is 0 Å². The lowest BCUT2D eigenvalue weighted by Gasteiger charge is -2.22. The summed E-state index contributed by atoms with van der Waals surface area (Å²) in [6, 6.07) is 5.39. The molecule has 1 rings (SSSR count). The van der Waals surface area contributed by atoms with E-state index >= 15 is 0 Å². The number of carboxylic acid groups (broad SMARTS) is 2. The van der Waals surface area contributed by atoms with Crippen LogP contribution in [0.25, 0.3) is 0 Å². The predicted molar refractivity (Wildman–Crippen MR) is 112 cm³/mol. The molecule has 0 aliphatic carbocycles. The van der Waals surface area contributed by atoms with Gasteiger partial charge < -0.3 is 10.2 Å². The largest absolute Gasteiger partial charge is 0.481 e. The SMILES string of the molecule is CC(C)CCCC(C(=O)O)c1ccc(Br)cc1C(CCCC(C)C)C(=O)O. The van der Waals surface area contributed by atoms with Crippen molar-refractivity contribution in [3.63, 3.8) is 0 Å². The highest BCUT2D eigenvalue weighted by Gasteiger charge is 2.29. The standard InChI is InChI=1S/C22H33BrO4/c1-14(2)7-5-9-18(21(24)25)17-12-11-16(23)13-20(17)19(22(26)27)10-6-8-15(3)4/h11-15,18-19H,5-10H2,1-4H3,(H,24,25)(H,26,27). The third-order valence-corrected chi connectivity index (χ3v) is 5.44. The Morgan fingerprint density at radius 3 is 1.67 bits per heavy atom. The molecule has 27 heavy (non-hydrogen) atoms. The summed E-state index contributed by atoms with van der Waals surface area (Å²) in [6.07, 6.45) is 4.60. The molecule has 0 aliphatic rings. The number of hydrogen-bond donors (Lipinski definition) is 2. The number of carbonyl (C=O) groups is 2. The van der Waals surface area contributed by atoms with Crippen molar-refractivity contribution in [2.45, 2.75) is 78.1 Å². The zero-order valence-corrected chi connectivity index (χ0v) is 18.5. The summed E-state index contributed by atoms with van der Waals surface area (Å²) in [7, 11) is 0. The molecule has 0 spiro atoms. The molecule has 1 aromatic rings. The number of hydrogen-bond acceptors (Lipinski definition) is 2. The maximum absolute atomic E-state index is 12.0. The van der Waals surface area contributed by atoms with Gasteiger partial charge in [-0.15, -0.1) is 0 Å². The molecule has 2 unspecified atom stereocenters. The highest BCUT2D eigenvalue weighted by Crippen LogP contribution is 2.35. The van der Waals surface area contributed by atoms with Gasteiger partial charge in [0.05, 0.1) is 11.8 Å². The Hall–Kier alpha value is -1.36. The third-order valence-electron chi connectivity index (χ3n) is 4.94. The Kier molecular flexibility index (Phi) is 10.1. The van der Waals surface area contributed by atoms with E-state index in [1.807, 2.05) is 6.07 Å². The van der Waals surface area contributed by atoms with E-state index in [0.29, 0.717) is 35.8 Å². The van der Waals surface area contributed by atoms with Crippen LogP contribution in [0.1, 0.15) is 89.2 Å². The molecule has 152 valence electrons. The lowest BCUT2D eigenvalue weighted by atomic mass is 9.82. The summed E-state index contributed by atoms with van der Waals surface area (Å²) in [6.45, 7) is 8.48. The topological polar surface area (TPSA) is 74.6 Å². The smallest absolute Gasteiger partial charge is 0.310 e. The highest BCUT2D eigenvalue weighted by molar-refractivity contribution is 9.10. The minimum absolute atomic E-state index is 0.518. The fourth-order valence-corrected chi connectivity index (χ4v) is 3.83. The summed E-state index contributed by atoms with van der Waals surface area (Å²) in [5.74, 6) is -2.07. The van der Waals surface area contributed by atoms with Gasteiger partial charge in [0.15, 0.2) is 0 Å². The van der Waals surface area contributed by atoms with Crippen LogP contribution < -0.4 is 0 Å². The van der Waals surface area contributed by atoms with E-state index in [1.165, 1.54) is 0 Å². The quantitative estimate of drug-likeness (QED) is 0.392. The first-order valence-corrected chi connectivity index (χ1v) is 10.7. The Balaban J connectivity index is 3.17. The van der Waals surface area contributed by atoms with E-state index in [2.05, 4.69) is 43.6 Å². The number of rotatable bonds is 12. The summed E-state index contributed by atoms with van der Waals surface area (Å²) in [5.41, 5.74) is 1.28. The van der Waals surface area contributed by atoms with Crippen molar-refractivity contribution in [3.05, 3.63) is 33.8 Å². The maximum Gasteiger partial charge on any atom is 0.310 e. The maximum atomic E-state index is 12.0. The lowest BCUT2D eigenvalue weighted by molar-refractivity contribution is -0.140. The molecule has 0 radical (unpaired) electrons. The highest BCUT2D eigenvalue weighted by atomic mass is 79.9. The van der Waals surface area contributed by atoms with Gasteiger partial charge in [0.1, 0.15) is 0 Å². The molecule has 0 bridgehead atoms. The van der Waals surface area contributed by atoms with Gasteiger partial charge in [-0.2, -0.15) is 0 Å². The first-order valence-electron chi connectivity index (χ1n) is 9.88. The van der Waals surface area contributed by atoms with Crippen molar-refractivity contribution < 1.29 is 19.8 Å². The molecule has 0 saturated heterocycles. The van der Waals surface area contributed by atoms with E-state index in [0.717, 1.165) is 30.2 Å². The van der Waals surface area contributed by atoms with Gasteiger partial charge in [-0.1, -0.05) is 75.4 Å². The van der Waals surface area contributed by atoms with Gasteiger partial charge in [-0.3, -0.25) is 9.59 Å². The number of aliphatic carboxylic acids is 2. The Morgan fingerprint density at radius 2 is 1.26 bits per heavy atom. The molecule has 4 nitrogen and oxygen atoms in total. The fourth-order valence-electron chi connectivity index (χ4n) is 3.45. The van der Waals surface area contributed by atoms with Gasteiger partial charge in [-0.25, -0.2) is 0 Å². The van der Waals surface area contributed by atoms with E-state index < -0.39 is 23.8 Å². The first-order chi connectivity index (χ1) is 12.6. The van der Waals surface area contributed by atoms with Gasteiger partial charge >= 0.3 is 11.9 Å². The monoisotopic (exact) mass is 440 g/mol. The molecule has 0 amide bonds. The average Bonchev–Trinajstić information content (AvgIpc) is 2.55. The van der Waals surface area contributed by atoms with Crippen LogP contribution in [-0.4, -0.2) is 22.2 Å². The second kappa shape index (κ2) is 11.5. The molecule has 0 saturated carbocycles. The molecule has 0 fully saturated rings. The van der Waals surface area contributed by atoms with Crippen LogP contribution in [0.3, 0.4) is 0 Å². The fraction of sp³-hybridized carbons (Fsp3) is 0.636. The van der Waals surface area contributed by atoms with Crippen molar-refractivity contribution in [2.75, 3.05) is 0 Å². The minimum Gasteiger partial charge on any atom is -0.481 e. The Labute approximate surface area is 171 Å². The molecule has 0 aliphatic heterocycles. The lowest BCUT2D eigenvalue weighted by Crippen LogP contribution is -2.19. The summed E-state index contributed by atoms with van der Waals surface area (Å²) < 4.78 is 0.780. The van der Waals surface area contributed by atoms with Crippen LogP contribution in [0.15, 0.2) is 22.7 Å². The number of carboxylic acids is 2. The van der Waals surface area contributed by atoms with E-state index in [-0.39, 0.29) is 0 Å². The first kappa shape index (κ1) is 23.7. The van der Waals surface area contributed by atoms with Crippen LogP contribution in [0.2, 0.25) is 0 Å². The summed E-state index contributed by atoms with van der Waals surface area (Å²) in [5, 5.41) is 19.6. The average molecular weight is 441 g/mol. The van der Waals surface area contributed by atoms with Crippen molar-refractivity contribution in [1.82, 2.24) is 0 Å². The number of benzene rings is 1. The third kappa shape index (κ3) is 8.04. The van der Waals surface area contributed by atoms with E-state index in [9.17, 15) is 19.8 Å². The van der Waals surface area contributed by atoms with Crippen molar-refractivity contribution in [1.29, 1.82) is 0 Å². The molecule has 0 aromatic heterocycles. The number of halogens is 1. The van der Waals surface area contributed by atoms with Gasteiger partial charge in [-0.05, 0) is 47.9 Å². The Bertz CT molecular complexity index is 625. The van der Waals surface area contributed by atoms with Crippen LogP contribution in [0, 0.1) is 11.8 Å². The summed E-state index contributed by atoms with van der Waals surface area (Å²) >= 11 is 3.42. The summed E-state index contributed by atoms with van der Waals surface area (Å²) in [4.78, 5) is 23.9. The Morgan fingerprint density at radius 1 is 0.815 bits per heavy atom. The molecule has 0 heterocycles. The second-order valence-corrected chi connectivity index (χ2v) is 9.12. The van der Waals surface area contributed by atoms with Gasteiger partial charge in [0.25, 0.3) is 0 Å². The van der Waals surface area contributed by atoms with E-state index in [1.54, 1.807) is 12.1 Å². The van der Waals surface area contributed by atoms with Crippen LogP contribution >= 0.6 is 15.9 Å². The van der Waals surface area contributed by atoms with Crippen LogP contribution in [-0.2, 0) is 9.59 Å². The molecular weight excluding hydrogens is 408 g/mol. The van der Waals surface area contributed by atoms with Gasteiger partial charge in [0.2, 0.25) is 0 Å². The normalized spacial score (nSPS) is 13.7.